The highest BCUT2D eigenvalue weighted by Crippen LogP contribution is 2.60. The van der Waals surface area contributed by atoms with Gasteiger partial charge in [-0.15, -0.1) is 0 Å². The molecule has 1 amide bonds. The maximum absolute atomic E-state index is 12.8. The van der Waals surface area contributed by atoms with Crippen molar-refractivity contribution in [2.75, 3.05) is 13.1 Å². The molecule has 0 radical (unpaired) electrons. The average Bonchev–Trinajstić information content (AvgIpc) is 3.03. The summed E-state index contributed by atoms with van der Waals surface area (Å²) in [4.78, 5) is 26.9. The molecule has 19 heavy (non-hydrogen) atoms. The minimum absolute atomic E-state index is 0.0212. The fourth-order valence-corrected chi connectivity index (χ4v) is 5.68. The standard InChI is InChI=1S/C14H18BrNO3/c15-11-7-6-8-10(14(18)19-12(8)11)9(7)13(17)16-4-2-1-3-5-16/h7-12H,1-6H2/t7-,8-,9-,10-,11+,12-/m0/s1. The van der Waals surface area contributed by atoms with E-state index in [0.29, 0.717) is 5.92 Å². The van der Waals surface area contributed by atoms with Crippen molar-refractivity contribution in [3.63, 3.8) is 0 Å². The second kappa shape index (κ2) is 4.21. The van der Waals surface area contributed by atoms with E-state index in [2.05, 4.69) is 15.9 Å². The zero-order valence-corrected chi connectivity index (χ0v) is 12.3. The summed E-state index contributed by atoms with van der Waals surface area (Å²) in [5, 5.41) is 0. The lowest BCUT2D eigenvalue weighted by Crippen LogP contribution is -2.46. The van der Waals surface area contributed by atoms with Gasteiger partial charge in [-0.3, -0.25) is 9.59 Å². The molecular weight excluding hydrogens is 310 g/mol. The van der Waals surface area contributed by atoms with Gasteiger partial charge >= 0.3 is 5.97 Å². The summed E-state index contributed by atoms with van der Waals surface area (Å²) < 4.78 is 5.46. The largest absolute Gasteiger partial charge is 0.461 e. The number of likely N-dealkylation sites (tertiary alicyclic amines) is 1. The number of rotatable bonds is 1. The zero-order chi connectivity index (χ0) is 13.1. The van der Waals surface area contributed by atoms with E-state index >= 15 is 0 Å². The Kier molecular flexibility index (Phi) is 2.70. The molecular formula is C14H18BrNO3. The molecule has 6 atom stereocenters. The predicted molar refractivity (Wildman–Crippen MR) is 71.6 cm³/mol. The molecule has 0 unspecified atom stereocenters. The number of piperidine rings is 1. The first kappa shape index (κ1) is 12.2. The van der Waals surface area contributed by atoms with Crippen molar-refractivity contribution < 1.29 is 14.3 Å². The zero-order valence-electron chi connectivity index (χ0n) is 10.8. The molecule has 4 fully saturated rings. The Morgan fingerprint density at radius 3 is 2.68 bits per heavy atom. The van der Waals surface area contributed by atoms with Gasteiger partial charge in [-0.2, -0.15) is 0 Å². The van der Waals surface area contributed by atoms with E-state index in [1.807, 2.05) is 4.90 Å². The van der Waals surface area contributed by atoms with Crippen LogP contribution < -0.4 is 0 Å². The van der Waals surface area contributed by atoms with Crippen LogP contribution >= 0.6 is 15.9 Å². The molecule has 2 aliphatic carbocycles. The van der Waals surface area contributed by atoms with Gasteiger partial charge in [0.25, 0.3) is 0 Å². The molecule has 0 N–H and O–H groups in total. The minimum Gasteiger partial charge on any atom is -0.461 e. The lowest BCUT2D eigenvalue weighted by atomic mass is 9.79. The summed E-state index contributed by atoms with van der Waals surface area (Å²) in [6.45, 7) is 1.73. The van der Waals surface area contributed by atoms with Gasteiger partial charge in [0.15, 0.2) is 0 Å². The number of carbonyl (C=O) groups excluding carboxylic acids is 2. The normalized spacial score (nSPS) is 47.6. The van der Waals surface area contributed by atoms with E-state index in [9.17, 15) is 9.59 Å². The van der Waals surface area contributed by atoms with E-state index in [1.54, 1.807) is 0 Å². The second-order valence-corrected chi connectivity index (χ2v) is 7.40. The van der Waals surface area contributed by atoms with E-state index in [1.165, 1.54) is 6.42 Å². The van der Waals surface area contributed by atoms with Crippen LogP contribution in [-0.2, 0) is 14.3 Å². The molecule has 2 heterocycles. The van der Waals surface area contributed by atoms with Crippen molar-refractivity contribution in [1.82, 2.24) is 4.90 Å². The van der Waals surface area contributed by atoms with Gasteiger partial charge in [0.05, 0.1) is 16.7 Å². The van der Waals surface area contributed by atoms with Crippen LogP contribution in [0.15, 0.2) is 0 Å². The summed E-state index contributed by atoms with van der Waals surface area (Å²) in [6.07, 6.45) is 4.41. The van der Waals surface area contributed by atoms with E-state index in [4.69, 9.17) is 4.74 Å². The topological polar surface area (TPSA) is 46.6 Å². The number of carbonyl (C=O) groups is 2. The number of amides is 1. The van der Waals surface area contributed by atoms with Crippen molar-refractivity contribution >= 4 is 27.8 Å². The van der Waals surface area contributed by atoms with Crippen LogP contribution in [0.3, 0.4) is 0 Å². The molecule has 0 spiro atoms. The molecule has 4 rings (SSSR count). The van der Waals surface area contributed by atoms with Gasteiger partial charge in [-0.1, -0.05) is 15.9 Å². The van der Waals surface area contributed by atoms with Crippen LogP contribution in [0.2, 0.25) is 0 Å². The molecule has 104 valence electrons. The van der Waals surface area contributed by atoms with Gasteiger partial charge in [0, 0.05) is 19.0 Å². The molecule has 5 heteroatoms. The Bertz CT molecular complexity index is 434. The molecule has 2 aliphatic heterocycles. The summed E-state index contributed by atoms with van der Waals surface area (Å²) in [6, 6.07) is 0. The third-order valence-electron chi connectivity index (χ3n) is 5.48. The van der Waals surface area contributed by atoms with Crippen LogP contribution in [0.4, 0.5) is 0 Å². The number of hydrogen-bond acceptors (Lipinski definition) is 3. The van der Waals surface area contributed by atoms with Gasteiger partial charge in [-0.05, 0) is 31.6 Å². The highest BCUT2D eigenvalue weighted by molar-refractivity contribution is 9.09. The fourth-order valence-electron chi connectivity index (χ4n) is 4.63. The molecule has 2 bridgehead atoms. The van der Waals surface area contributed by atoms with Crippen LogP contribution in [0.1, 0.15) is 25.7 Å². The first-order valence-electron chi connectivity index (χ1n) is 7.32. The maximum atomic E-state index is 12.8. The Balaban J connectivity index is 1.61. The van der Waals surface area contributed by atoms with Gasteiger partial charge in [0.2, 0.25) is 5.91 Å². The molecule has 2 saturated heterocycles. The van der Waals surface area contributed by atoms with Gasteiger partial charge in [0.1, 0.15) is 6.10 Å². The van der Waals surface area contributed by atoms with E-state index in [0.717, 1.165) is 32.4 Å². The molecule has 4 aliphatic rings. The smallest absolute Gasteiger partial charge is 0.310 e. The highest BCUT2D eigenvalue weighted by Gasteiger charge is 2.68. The van der Waals surface area contributed by atoms with Gasteiger partial charge in [-0.25, -0.2) is 0 Å². The molecule has 2 saturated carbocycles. The number of halogens is 1. The van der Waals surface area contributed by atoms with Crippen molar-refractivity contribution in [2.24, 2.45) is 23.7 Å². The van der Waals surface area contributed by atoms with Crippen molar-refractivity contribution in [2.45, 2.75) is 36.6 Å². The lowest BCUT2D eigenvalue weighted by molar-refractivity contribution is -0.148. The van der Waals surface area contributed by atoms with Crippen molar-refractivity contribution in [1.29, 1.82) is 0 Å². The average molecular weight is 328 g/mol. The fraction of sp³-hybridized carbons (Fsp3) is 0.857. The SMILES string of the molecule is O=C1O[C@@H]2[C@H](Br)[C@H]3C[C@H]2[C@H]1[C@H]3C(=O)N1CCCCC1. The molecule has 0 aromatic rings. The van der Waals surface area contributed by atoms with Gasteiger partial charge < -0.3 is 9.64 Å². The molecule has 0 aromatic carbocycles. The van der Waals surface area contributed by atoms with Crippen LogP contribution in [0, 0.1) is 23.7 Å². The predicted octanol–water partition coefficient (Wildman–Crippen LogP) is 1.57. The van der Waals surface area contributed by atoms with Crippen LogP contribution in [0.25, 0.3) is 0 Å². The summed E-state index contributed by atoms with van der Waals surface area (Å²) in [5.41, 5.74) is 0. The Morgan fingerprint density at radius 1 is 1.21 bits per heavy atom. The van der Waals surface area contributed by atoms with E-state index < -0.39 is 0 Å². The highest BCUT2D eigenvalue weighted by atomic mass is 79.9. The van der Waals surface area contributed by atoms with E-state index in [-0.39, 0.29) is 40.6 Å². The Morgan fingerprint density at radius 2 is 1.95 bits per heavy atom. The number of hydrogen-bond donors (Lipinski definition) is 0. The number of fused-ring (bicyclic) bond motifs is 1. The summed E-state index contributed by atoms with van der Waals surface area (Å²) in [5.74, 6) is 0.368. The lowest BCUT2D eigenvalue weighted by Gasteiger charge is -2.34. The molecule has 4 nitrogen and oxygen atoms in total. The maximum Gasteiger partial charge on any atom is 0.310 e. The Labute approximate surface area is 121 Å². The van der Waals surface area contributed by atoms with Crippen LogP contribution in [0.5, 0.6) is 0 Å². The number of esters is 1. The van der Waals surface area contributed by atoms with Crippen molar-refractivity contribution in [3.8, 4) is 0 Å². The first-order chi connectivity index (χ1) is 9.18. The number of nitrogens with zero attached hydrogens (tertiary/aromatic N) is 1. The number of ether oxygens (including phenoxy) is 1. The first-order valence-corrected chi connectivity index (χ1v) is 8.23. The number of alkyl halides is 1. The summed E-state index contributed by atoms with van der Waals surface area (Å²) in [7, 11) is 0. The van der Waals surface area contributed by atoms with Crippen LogP contribution in [-0.4, -0.2) is 40.8 Å². The van der Waals surface area contributed by atoms with Crippen molar-refractivity contribution in [3.05, 3.63) is 0 Å². The Hall–Kier alpha value is -0.580. The molecule has 0 aromatic heterocycles. The second-order valence-electron chi connectivity index (χ2n) is 6.35. The third kappa shape index (κ3) is 1.57. The third-order valence-corrected chi connectivity index (χ3v) is 6.68. The quantitative estimate of drug-likeness (QED) is 0.542. The monoisotopic (exact) mass is 327 g/mol. The summed E-state index contributed by atoms with van der Waals surface area (Å²) >= 11 is 3.66. The minimum atomic E-state index is -0.154.